The van der Waals surface area contributed by atoms with Crippen LogP contribution in [0.2, 0.25) is 0 Å². The third-order valence-electron chi connectivity index (χ3n) is 4.86. The summed E-state index contributed by atoms with van der Waals surface area (Å²) in [4.78, 5) is 20.7. The van der Waals surface area contributed by atoms with E-state index in [1.54, 1.807) is 27.7 Å². The molecule has 0 radical (unpaired) electrons. The highest BCUT2D eigenvalue weighted by atomic mass is 32.2. The van der Waals surface area contributed by atoms with E-state index in [0.717, 1.165) is 58.9 Å². The second kappa shape index (κ2) is 7.45. The van der Waals surface area contributed by atoms with Gasteiger partial charge in [0.15, 0.2) is 5.16 Å². The summed E-state index contributed by atoms with van der Waals surface area (Å²) >= 11 is 3.36. The number of nitrogens with zero attached hydrogens (tertiary/aromatic N) is 2. The Hall–Kier alpha value is -1.79. The van der Waals surface area contributed by atoms with Gasteiger partial charge in [0.1, 0.15) is 4.83 Å². The molecule has 1 aromatic carbocycles. The number of aromatic nitrogens is 2. The maximum Gasteiger partial charge on any atom is 0.267 e. The number of nitrogen functional groups attached to an aromatic ring is 1. The number of anilines is 1. The molecule has 0 amide bonds. The molecule has 0 unspecified atom stereocenters. The van der Waals surface area contributed by atoms with Crippen LogP contribution in [-0.2, 0) is 12.8 Å². The van der Waals surface area contributed by atoms with Gasteiger partial charge in [0.2, 0.25) is 0 Å². The molecule has 0 bridgehead atoms. The second-order valence-electron chi connectivity index (χ2n) is 6.69. The fraction of sp³-hybridized carbons (Fsp3) is 0.400. The smallest absolute Gasteiger partial charge is 0.267 e. The molecular weight excluding hydrogens is 362 g/mol. The number of hydrogen-bond donors (Lipinski definition) is 1. The Morgan fingerprint density at radius 1 is 1.27 bits per heavy atom. The highest BCUT2D eigenvalue weighted by molar-refractivity contribution is 7.99. The van der Waals surface area contributed by atoms with Crippen LogP contribution in [0.3, 0.4) is 0 Å². The molecule has 26 heavy (non-hydrogen) atoms. The molecule has 6 heteroatoms. The van der Waals surface area contributed by atoms with Crippen LogP contribution in [-0.4, -0.2) is 15.3 Å². The lowest BCUT2D eigenvalue weighted by Crippen LogP contribution is -2.23. The number of nitrogens with two attached hydrogens (primary N) is 1. The summed E-state index contributed by atoms with van der Waals surface area (Å²) in [7, 11) is 0. The molecule has 0 aliphatic heterocycles. The van der Waals surface area contributed by atoms with Crippen LogP contribution < -0.4 is 11.3 Å². The number of rotatable bonds is 5. The fourth-order valence-corrected chi connectivity index (χ4v) is 5.89. The molecule has 2 heterocycles. The van der Waals surface area contributed by atoms with Gasteiger partial charge in [0, 0.05) is 10.6 Å². The Morgan fingerprint density at radius 2 is 2.08 bits per heavy atom. The van der Waals surface area contributed by atoms with Gasteiger partial charge in [0.25, 0.3) is 5.56 Å². The molecule has 4 rings (SSSR count). The van der Waals surface area contributed by atoms with E-state index in [-0.39, 0.29) is 5.56 Å². The van der Waals surface area contributed by atoms with Gasteiger partial charge >= 0.3 is 0 Å². The standard InChI is InChI=1S/C20H23N3OS2/c1-2-3-12-25-20-22-18-17(13-8-4-7-11-16(13)26-18)19(24)23(20)15-10-6-5-9-14(15)21/h5-6,9-10H,2-4,7-8,11-12,21H2,1H3. The van der Waals surface area contributed by atoms with Crippen molar-refractivity contribution in [3.8, 4) is 5.69 Å². The van der Waals surface area contributed by atoms with Crippen LogP contribution in [0.25, 0.3) is 15.9 Å². The Balaban J connectivity index is 1.96. The number of hydrogen-bond acceptors (Lipinski definition) is 5. The summed E-state index contributed by atoms with van der Waals surface area (Å²) in [5, 5.41) is 1.57. The number of para-hydroxylation sites is 2. The summed E-state index contributed by atoms with van der Waals surface area (Å²) < 4.78 is 1.74. The Morgan fingerprint density at radius 3 is 2.88 bits per heavy atom. The summed E-state index contributed by atoms with van der Waals surface area (Å²) in [5.74, 6) is 0.951. The molecular formula is C20H23N3OS2. The van der Waals surface area contributed by atoms with Gasteiger partial charge in [-0.1, -0.05) is 37.2 Å². The lowest BCUT2D eigenvalue weighted by Gasteiger charge is -2.15. The summed E-state index contributed by atoms with van der Waals surface area (Å²) in [5.41, 5.74) is 8.81. The Kier molecular flexibility index (Phi) is 5.05. The SMILES string of the molecule is CCCCSc1nc2sc3c(c2c(=O)n1-c1ccccc1N)CCCC3. The number of thiophene rings is 1. The summed E-state index contributed by atoms with van der Waals surface area (Å²) in [6.07, 6.45) is 6.64. The van der Waals surface area contributed by atoms with Crippen molar-refractivity contribution in [1.29, 1.82) is 0 Å². The molecule has 2 aromatic heterocycles. The molecule has 1 aliphatic carbocycles. The minimum Gasteiger partial charge on any atom is -0.397 e. The van der Waals surface area contributed by atoms with E-state index in [1.165, 1.54) is 16.9 Å². The van der Waals surface area contributed by atoms with Gasteiger partial charge in [0.05, 0.1) is 16.8 Å². The highest BCUT2D eigenvalue weighted by Gasteiger charge is 2.23. The van der Waals surface area contributed by atoms with Gasteiger partial charge in [-0.3, -0.25) is 9.36 Å². The zero-order chi connectivity index (χ0) is 18.1. The van der Waals surface area contributed by atoms with Crippen molar-refractivity contribution in [3.05, 3.63) is 45.1 Å². The lowest BCUT2D eigenvalue weighted by molar-refractivity contribution is 0.699. The summed E-state index contributed by atoms with van der Waals surface area (Å²) in [6.45, 7) is 2.17. The molecule has 0 fully saturated rings. The topological polar surface area (TPSA) is 60.9 Å². The van der Waals surface area contributed by atoms with Gasteiger partial charge in [-0.05, 0) is 49.8 Å². The van der Waals surface area contributed by atoms with Crippen molar-refractivity contribution in [2.75, 3.05) is 11.5 Å². The van der Waals surface area contributed by atoms with Gasteiger partial charge in [-0.2, -0.15) is 0 Å². The van der Waals surface area contributed by atoms with Crippen molar-refractivity contribution < 1.29 is 0 Å². The van der Waals surface area contributed by atoms with Crippen molar-refractivity contribution in [3.63, 3.8) is 0 Å². The third-order valence-corrected chi connectivity index (χ3v) is 7.08. The van der Waals surface area contributed by atoms with Crippen LogP contribution in [0.4, 0.5) is 5.69 Å². The van der Waals surface area contributed by atoms with E-state index in [9.17, 15) is 4.79 Å². The number of unbranched alkanes of at least 4 members (excludes halogenated alkanes) is 1. The highest BCUT2D eigenvalue weighted by Crippen LogP contribution is 2.35. The largest absolute Gasteiger partial charge is 0.397 e. The average Bonchev–Trinajstić information content (AvgIpc) is 3.02. The average molecular weight is 386 g/mol. The number of thioether (sulfide) groups is 1. The predicted octanol–water partition coefficient (Wildman–Crippen LogP) is 4.80. The quantitative estimate of drug-likeness (QED) is 0.297. The van der Waals surface area contributed by atoms with Crippen LogP contribution in [0.5, 0.6) is 0 Å². The van der Waals surface area contributed by atoms with E-state index in [4.69, 9.17) is 10.7 Å². The maximum absolute atomic E-state index is 13.5. The minimum atomic E-state index is 0.0336. The van der Waals surface area contributed by atoms with E-state index in [2.05, 4.69) is 6.92 Å². The first-order valence-electron chi connectivity index (χ1n) is 9.25. The molecule has 0 saturated carbocycles. The minimum absolute atomic E-state index is 0.0336. The summed E-state index contributed by atoms with van der Waals surface area (Å²) in [6, 6.07) is 7.57. The van der Waals surface area contributed by atoms with E-state index in [1.807, 2.05) is 24.3 Å². The molecule has 0 saturated heterocycles. The molecule has 136 valence electrons. The zero-order valence-corrected chi connectivity index (χ0v) is 16.6. The Labute approximate surface area is 161 Å². The normalized spacial score (nSPS) is 13.9. The lowest BCUT2D eigenvalue weighted by atomic mass is 9.97. The molecule has 3 aromatic rings. The van der Waals surface area contributed by atoms with Crippen molar-refractivity contribution in [2.45, 2.75) is 50.6 Å². The number of fused-ring (bicyclic) bond motifs is 3. The molecule has 4 nitrogen and oxygen atoms in total. The molecule has 2 N–H and O–H groups in total. The maximum atomic E-state index is 13.5. The van der Waals surface area contributed by atoms with Crippen molar-refractivity contribution in [2.24, 2.45) is 0 Å². The fourth-order valence-electron chi connectivity index (χ4n) is 3.49. The Bertz CT molecular complexity index is 1010. The van der Waals surface area contributed by atoms with Crippen LogP contribution in [0.1, 0.15) is 43.0 Å². The third kappa shape index (κ3) is 3.05. The number of benzene rings is 1. The van der Waals surface area contributed by atoms with Gasteiger partial charge < -0.3 is 5.73 Å². The van der Waals surface area contributed by atoms with Crippen molar-refractivity contribution in [1.82, 2.24) is 9.55 Å². The van der Waals surface area contributed by atoms with Crippen molar-refractivity contribution >= 4 is 39.0 Å². The van der Waals surface area contributed by atoms with Gasteiger partial charge in [-0.25, -0.2) is 4.98 Å². The first-order chi connectivity index (χ1) is 12.7. The number of aryl methyl sites for hydroxylation is 2. The molecule has 1 aliphatic rings. The molecule has 0 spiro atoms. The van der Waals surface area contributed by atoms with Crippen LogP contribution in [0.15, 0.2) is 34.2 Å². The first kappa shape index (κ1) is 17.6. The van der Waals surface area contributed by atoms with Crippen LogP contribution in [0, 0.1) is 0 Å². The second-order valence-corrected chi connectivity index (χ2v) is 8.83. The zero-order valence-electron chi connectivity index (χ0n) is 15.0. The first-order valence-corrected chi connectivity index (χ1v) is 11.1. The van der Waals surface area contributed by atoms with E-state index >= 15 is 0 Å². The van der Waals surface area contributed by atoms with Crippen LogP contribution >= 0.6 is 23.1 Å². The predicted molar refractivity (Wildman–Crippen MR) is 112 cm³/mol. The van der Waals surface area contributed by atoms with Gasteiger partial charge in [-0.15, -0.1) is 11.3 Å². The van der Waals surface area contributed by atoms with E-state index < -0.39 is 0 Å². The monoisotopic (exact) mass is 385 g/mol. The van der Waals surface area contributed by atoms with E-state index in [0.29, 0.717) is 5.69 Å². The molecule has 0 atom stereocenters.